The van der Waals surface area contributed by atoms with Gasteiger partial charge in [-0.05, 0) is 37.5 Å². The average molecular weight is 365 g/mol. The molecule has 1 amide bonds. The molecule has 140 valence electrons. The maximum Gasteiger partial charge on any atom is 0.251 e. The van der Waals surface area contributed by atoms with Gasteiger partial charge in [0.15, 0.2) is 0 Å². The SMILES string of the molecule is Cc1c[nH]c2ncnc(N3CCC(CO)(NC(=O)c4ccccc4)CC3)c12. The van der Waals surface area contributed by atoms with Crippen LogP contribution in [0.2, 0.25) is 0 Å². The molecule has 2 aromatic heterocycles. The number of H-pyrrole nitrogens is 1. The molecule has 0 atom stereocenters. The van der Waals surface area contributed by atoms with Crippen molar-refractivity contribution in [3.05, 3.63) is 54.0 Å². The number of aliphatic hydroxyl groups excluding tert-OH is 1. The summed E-state index contributed by atoms with van der Waals surface area (Å²) in [5.41, 5.74) is 1.93. The molecule has 3 N–H and O–H groups in total. The Balaban J connectivity index is 1.51. The van der Waals surface area contributed by atoms with Gasteiger partial charge in [-0.3, -0.25) is 4.79 Å². The number of aryl methyl sites for hydroxylation is 1. The molecule has 1 aliphatic rings. The fourth-order valence-corrected chi connectivity index (χ4v) is 3.71. The minimum atomic E-state index is -0.608. The Hall–Kier alpha value is -2.93. The first-order valence-corrected chi connectivity index (χ1v) is 9.14. The molecule has 4 rings (SSSR count). The van der Waals surface area contributed by atoms with E-state index in [-0.39, 0.29) is 12.5 Å². The van der Waals surface area contributed by atoms with E-state index in [9.17, 15) is 9.90 Å². The number of nitrogens with one attached hydrogen (secondary N) is 2. The summed E-state index contributed by atoms with van der Waals surface area (Å²) in [5, 5.41) is 14.1. The van der Waals surface area contributed by atoms with Crippen molar-refractivity contribution in [2.24, 2.45) is 0 Å². The molecule has 27 heavy (non-hydrogen) atoms. The van der Waals surface area contributed by atoms with Crippen LogP contribution in [0, 0.1) is 6.92 Å². The highest BCUT2D eigenvalue weighted by Gasteiger charge is 2.36. The highest BCUT2D eigenvalue weighted by Crippen LogP contribution is 2.30. The fraction of sp³-hybridized carbons (Fsp3) is 0.350. The highest BCUT2D eigenvalue weighted by molar-refractivity contribution is 5.94. The third-order valence-corrected chi connectivity index (χ3v) is 5.38. The third-order valence-electron chi connectivity index (χ3n) is 5.38. The zero-order chi connectivity index (χ0) is 18.9. The molecule has 7 nitrogen and oxygen atoms in total. The Bertz CT molecular complexity index is 945. The van der Waals surface area contributed by atoms with Crippen molar-refractivity contribution < 1.29 is 9.90 Å². The van der Waals surface area contributed by atoms with E-state index in [1.807, 2.05) is 31.3 Å². The molecule has 0 bridgehead atoms. The van der Waals surface area contributed by atoms with Gasteiger partial charge in [-0.2, -0.15) is 0 Å². The van der Waals surface area contributed by atoms with Gasteiger partial charge < -0.3 is 20.3 Å². The largest absolute Gasteiger partial charge is 0.394 e. The van der Waals surface area contributed by atoms with Gasteiger partial charge in [0, 0.05) is 24.8 Å². The number of carbonyl (C=O) groups excluding carboxylic acids is 1. The zero-order valence-electron chi connectivity index (χ0n) is 15.3. The van der Waals surface area contributed by atoms with Crippen molar-refractivity contribution in [2.75, 3.05) is 24.6 Å². The highest BCUT2D eigenvalue weighted by atomic mass is 16.3. The number of carbonyl (C=O) groups is 1. The van der Waals surface area contributed by atoms with Crippen LogP contribution in [0.3, 0.4) is 0 Å². The van der Waals surface area contributed by atoms with Crippen LogP contribution < -0.4 is 10.2 Å². The fourth-order valence-electron chi connectivity index (χ4n) is 3.71. The molecule has 1 fully saturated rings. The van der Waals surface area contributed by atoms with Crippen molar-refractivity contribution in [1.82, 2.24) is 20.3 Å². The molecule has 1 aliphatic heterocycles. The Morgan fingerprint density at radius 2 is 2.00 bits per heavy atom. The normalized spacial score (nSPS) is 16.4. The summed E-state index contributed by atoms with van der Waals surface area (Å²) < 4.78 is 0. The van der Waals surface area contributed by atoms with Gasteiger partial charge in [0.05, 0.1) is 17.5 Å². The monoisotopic (exact) mass is 365 g/mol. The van der Waals surface area contributed by atoms with E-state index in [2.05, 4.69) is 25.2 Å². The minimum absolute atomic E-state index is 0.0816. The number of rotatable bonds is 4. The maximum atomic E-state index is 12.6. The minimum Gasteiger partial charge on any atom is -0.394 e. The Morgan fingerprint density at radius 1 is 1.26 bits per heavy atom. The van der Waals surface area contributed by atoms with E-state index in [4.69, 9.17) is 0 Å². The lowest BCUT2D eigenvalue weighted by atomic mass is 9.87. The number of aromatic amines is 1. The number of benzene rings is 1. The molecular weight excluding hydrogens is 342 g/mol. The Labute approximate surface area is 157 Å². The van der Waals surface area contributed by atoms with Crippen LogP contribution in [-0.4, -0.2) is 51.2 Å². The van der Waals surface area contributed by atoms with Gasteiger partial charge >= 0.3 is 0 Å². The molecule has 0 unspecified atom stereocenters. The van der Waals surface area contributed by atoms with Crippen molar-refractivity contribution >= 4 is 22.8 Å². The number of aliphatic hydroxyl groups is 1. The van der Waals surface area contributed by atoms with Crippen molar-refractivity contribution in [3.8, 4) is 0 Å². The maximum absolute atomic E-state index is 12.6. The molecule has 0 saturated carbocycles. The Kier molecular flexibility index (Phi) is 4.53. The van der Waals surface area contributed by atoms with Crippen LogP contribution in [0.5, 0.6) is 0 Å². The number of hydrogen-bond acceptors (Lipinski definition) is 5. The summed E-state index contributed by atoms with van der Waals surface area (Å²) in [5.74, 6) is 0.753. The standard InChI is InChI=1S/C20H23N5O2/c1-14-11-21-17-16(14)18(23-13-22-17)25-9-7-20(12-26,8-10-25)24-19(27)15-5-3-2-4-6-15/h2-6,11,13,26H,7-10,12H2,1H3,(H,24,27)(H,21,22,23). The number of amides is 1. The summed E-state index contributed by atoms with van der Waals surface area (Å²) in [6, 6.07) is 9.11. The van der Waals surface area contributed by atoms with Crippen molar-refractivity contribution in [1.29, 1.82) is 0 Å². The first kappa shape index (κ1) is 17.5. The predicted molar refractivity (Wildman–Crippen MR) is 104 cm³/mol. The molecule has 3 heterocycles. The molecule has 0 aliphatic carbocycles. The number of hydrogen-bond donors (Lipinski definition) is 3. The number of aromatic nitrogens is 3. The number of anilines is 1. The molecule has 0 spiro atoms. The van der Waals surface area contributed by atoms with Crippen LogP contribution in [0.4, 0.5) is 5.82 Å². The van der Waals surface area contributed by atoms with E-state index < -0.39 is 5.54 Å². The van der Waals surface area contributed by atoms with E-state index in [0.29, 0.717) is 31.5 Å². The van der Waals surface area contributed by atoms with E-state index in [1.54, 1.807) is 18.5 Å². The molecule has 0 radical (unpaired) electrons. The number of fused-ring (bicyclic) bond motifs is 1. The quantitative estimate of drug-likeness (QED) is 0.658. The number of piperidine rings is 1. The second kappa shape index (κ2) is 7.00. The molecule has 3 aromatic rings. The summed E-state index contributed by atoms with van der Waals surface area (Å²) in [7, 11) is 0. The molecule has 1 saturated heterocycles. The lowest BCUT2D eigenvalue weighted by molar-refractivity contribution is 0.0788. The molecular formula is C20H23N5O2. The van der Waals surface area contributed by atoms with Crippen LogP contribution in [-0.2, 0) is 0 Å². The van der Waals surface area contributed by atoms with Crippen molar-refractivity contribution in [3.63, 3.8) is 0 Å². The smallest absolute Gasteiger partial charge is 0.251 e. The second-order valence-electron chi connectivity index (χ2n) is 7.14. The van der Waals surface area contributed by atoms with Gasteiger partial charge in [-0.1, -0.05) is 18.2 Å². The summed E-state index contributed by atoms with van der Waals surface area (Å²) in [4.78, 5) is 26.7. The van der Waals surface area contributed by atoms with Crippen LogP contribution >= 0.6 is 0 Å². The topological polar surface area (TPSA) is 94.1 Å². The van der Waals surface area contributed by atoms with Gasteiger partial charge in [0.25, 0.3) is 5.91 Å². The molecule has 1 aromatic carbocycles. The van der Waals surface area contributed by atoms with Gasteiger partial charge in [0.1, 0.15) is 17.8 Å². The first-order chi connectivity index (χ1) is 13.1. The van der Waals surface area contributed by atoms with Gasteiger partial charge in [-0.15, -0.1) is 0 Å². The van der Waals surface area contributed by atoms with Crippen LogP contribution in [0.15, 0.2) is 42.9 Å². The van der Waals surface area contributed by atoms with Crippen LogP contribution in [0.25, 0.3) is 11.0 Å². The van der Waals surface area contributed by atoms with E-state index in [1.165, 1.54) is 0 Å². The lowest BCUT2D eigenvalue weighted by Gasteiger charge is -2.41. The van der Waals surface area contributed by atoms with Crippen LogP contribution in [0.1, 0.15) is 28.8 Å². The Morgan fingerprint density at radius 3 is 2.70 bits per heavy atom. The third kappa shape index (κ3) is 3.26. The van der Waals surface area contributed by atoms with Crippen molar-refractivity contribution in [2.45, 2.75) is 25.3 Å². The first-order valence-electron chi connectivity index (χ1n) is 9.14. The van der Waals surface area contributed by atoms with E-state index >= 15 is 0 Å². The summed E-state index contributed by atoms with van der Waals surface area (Å²) >= 11 is 0. The van der Waals surface area contributed by atoms with E-state index in [0.717, 1.165) is 22.4 Å². The number of nitrogens with zero attached hydrogens (tertiary/aromatic N) is 3. The lowest BCUT2D eigenvalue weighted by Crippen LogP contribution is -2.57. The van der Waals surface area contributed by atoms with Gasteiger partial charge in [-0.25, -0.2) is 9.97 Å². The summed E-state index contributed by atoms with van der Waals surface area (Å²) in [6.07, 6.45) is 4.80. The predicted octanol–water partition coefficient (Wildman–Crippen LogP) is 2.03. The summed E-state index contributed by atoms with van der Waals surface area (Å²) in [6.45, 7) is 3.36. The van der Waals surface area contributed by atoms with Gasteiger partial charge in [0.2, 0.25) is 0 Å². The second-order valence-corrected chi connectivity index (χ2v) is 7.14. The zero-order valence-corrected chi connectivity index (χ0v) is 15.3. The average Bonchev–Trinajstić information content (AvgIpc) is 3.10. The molecule has 7 heteroatoms.